The van der Waals surface area contributed by atoms with E-state index in [1.165, 1.54) is 6.07 Å². The van der Waals surface area contributed by atoms with E-state index < -0.39 is 11.6 Å². The minimum atomic E-state index is -0.479. The van der Waals surface area contributed by atoms with Crippen molar-refractivity contribution >= 4 is 50.5 Å². The molecule has 1 aromatic heterocycles. The third-order valence-corrected chi connectivity index (χ3v) is 4.83. The van der Waals surface area contributed by atoms with E-state index in [9.17, 15) is 18.4 Å². The number of nitrogens with zero attached hydrogens (tertiary/aromatic N) is 2. The van der Waals surface area contributed by atoms with Crippen LogP contribution in [0.2, 0.25) is 0 Å². The Balaban J connectivity index is 0.000000291. The topological polar surface area (TPSA) is 85.2 Å². The van der Waals surface area contributed by atoms with Gasteiger partial charge in [-0.1, -0.05) is 29.8 Å². The maximum atomic E-state index is 14.6. The number of aryl methyl sites for hydroxylation is 2. The molecule has 0 saturated heterocycles. The van der Waals surface area contributed by atoms with Crippen molar-refractivity contribution in [3.05, 3.63) is 52.3 Å². The third kappa shape index (κ3) is 6.31. The molecule has 0 aliphatic rings. The molecule has 2 aromatic carbocycles. The van der Waals surface area contributed by atoms with Crippen LogP contribution < -0.4 is 10.8 Å². The van der Waals surface area contributed by atoms with Gasteiger partial charge in [-0.3, -0.25) is 14.4 Å². The van der Waals surface area contributed by atoms with Crippen LogP contribution in [0.15, 0.2) is 35.1 Å². The number of ketones is 1. The fourth-order valence-electron chi connectivity index (χ4n) is 2.54. The van der Waals surface area contributed by atoms with Gasteiger partial charge >= 0.3 is 0 Å². The number of aromatic nitrogens is 2. The summed E-state index contributed by atoms with van der Waals surface area (Å²) in [5, 5.41) is 2.82. The van der Waals surface area contributed by atoms with Crippen LogP contribution in [0.4, 0.5) is 20.2 Å². The third-order valence-electron chi connectivity index (χ3n) is 4.34. The molecule has 2 N–H and O–H groups in total. The standard InChI is InChI=1S/C15H12BrF2N3.C6H11NO3/c1-8-5-12-15(19-7-21(12)2)13(18)14(8)20-11-4-3-9(16)6-10(11)17;1-5(2)6(9)3-10-7-4-8/h3-7,20H,1-2H3;4-5H,3H2,1-2H3,(H,7,8). The van der Waals surface area contributed by atoms with E-state index in [1.807, 2.05) is 11.5 Å². The van der Waals surface area contributed by atoms with E-state index in [0.717, 1.165) is 0 Å². The zero-order valence-corrected chi connectivity index (χ0v) is 19.1. The molecule has 0 radical (unpaired) electrons. The fraction of sp³-hybridized carbons (Fsp3) is 0.286. The Morgan fingerprint density at radius 1 is 1.32 bits per heavy atom. The molecule has 0 fully saturated rings. The summed E-state index contributed by atoms with van der Waals surface area (Å²) < 4.78 is 30.8. The number of carbonyl (C=O) groups is 2. The molecule has 0 saturated carbocycles. The molecular weight excluding hydrogens is 474 g/mol. The molecule has 3 rings (SSSR count). The van der Waals surface area contributed by atoms with Gasteiger partial charge in [0.2, 0.25) is 6.41 Å². The lowest BCUT2D eigenvalue weighted by atomic mass is 10.1. The summed E-state index contributed by atoms with van der Waals surface area (Å²) in [5.74, 6) is -1.01. The van der Waals surface area contributed by atoms with Crippen molar-refractivity contribution in [1.82, 2.24) is 15.0 Å². The Labute approximate surface area is 186 Å². The van der Waals surface area contributed by atoms with Gasteiger partial charge in [0.15, 0.2) is 11.6 Å². The van der Waals surface area contributed by atoms with Crippen molar-refractivity contribution < 1.29 is 23.2 Å². The van der Waals surface area contributed by atoms with E-state index in [1.54, 1.807) is 50.8 Å². The maximum Gasteiger partial charge on any atom is 0.230 e. The van der Waals surface area contributed by atoms with Gasteiger partial charge < -0.3 is 9.88 Å². The van der Waals surface area contributed by atoms with E-state index >= 15 is 0 Å². The molecule has 166 valence electrons. The summed E-state index contributed by atoms with van der Waals surface area (Å²) in [5.41, 5.74) is 4.04. The van der Waals surface area contributed by atoms with Gasteiger partial charge in [0.1, 0.15) is 17.9 Å². The average molecular weight is 497 g/mol. The molecule has 0 bridgehead atoms. The Kier molecular flexibility index (Phi) is 8.64. The van der Waals surface area contributed by atoms with Crippen LogP contribution in [-0.4, -0.2) is 28.4 Å². The number of hydroxylamine groups is 1. The molecule has 1 heterocycles. The molecule has 0 atom stereocenters. The zero-order valence-electron chi connectivity index (χ0n) is 17.5. The van der Waals surface area contributed by atoms with Crippen LogP contribution in [0.25, 0.3) is 11.0 Å². The highest BCUT2D eigenvalue weighted by atomic mass is 79.9. The summed E-state index contributed by atoms with van der Waals surface area (Å²) in [6.45, 7) is 5.25. The number of halogens is 3. The quantitative estimate of drug-likeness (QED) is 0.284. The molecule has 0 aliphatic carbocycles. The van der Waals surface area contributed by atoms with Crippen LogP contribution in [-0.2, 0) is 21.5 Å². The Morgan fingerprint density at radius 2 is 2.03 bits per heavy atom. The van der Waals surface area contributed by atoms with Crippen LogP contribution >= 0.6 is 15.9 Å². The lowest BCUT2D eigenvalue weighted by Gasteiger charge is -2.12. The molecule has 3 aromatic rings. The first-order valence-corrected chi connectivity index (χ1v) is 10.1. The van der Waals surface area contributed by atoms with Crippen molar-refractivity contribution in [1.29, 1.82) is 0 Å². The first-order chi connectivity index (χ1) is 14.6. The minimum Gasteiger partial charge on any atom is -0.350 e. The predicted octanol–water partition coefficient (Wildman–Crippen LogP) is 4.56. The van der Waals surface area contributed by atoms with Gasteiger partial charge in [0.25, 0.3) is 0 Å². The van der Waals surface area contributed by atoms with Crippen LogP contribution in [0.3, 0.4) is 0 Å². The van der Waals surface area contributed by atoms with Gasteiger partial charge in [-0.2, -0.15) is 0 Å². The second kappa shape index (κ2) is 11.0. The Morgan fingerprint density at radius 3 is 2.65 bits per heavy atom. The Bertz CT molecular complexity index is 1090. The summed E-state index contributed by atoms with van der Waals surface area (Å²) in [4.78, 5) is 28.8. The SMILES string of the molecule is CC(C)C(=O)CONC=O.Cc1cc2c(ncn2C)c(F)c1Nc1ccc(Br)cc1F. The second-order valence-corrected chi connectivity index (χ2v) is 7.92. The summed E-state index contributed by atoms with van der Waals surface area (Å²) >= 11 is 3.19. The lowest BCUT2D eigenvalue weighted by Crippen LogP contribution is -2.21. The van der Waals surface area contributed by atoms with Gasteiger partial charge in [0, 0.05) is 17.4 Å². The highest BCUT2D eigenvalue weighted by molar-refractivity contribution is 9.10. The van der Waals surface area contributed by atoms with Gasteiger partial charge in [-0.05, 0) is 36.8 Å². The first-order valence-electron chi connectivity index (χ1n) is 9.31. The Hall–Kier alpha value is -2.85. The van der Waals surface area contributed by atoms with Crippen molar-refractivity contribution in [2.45, 2.75) is 20.8 Å². The van der Waals surface area contributed by atoms with Crippen molar-refractivity contribution in [3.63, 3.8) is 0 Å². The zero-order chi connectivity index (χ0) is 23.1. The molecule has 0 aliphatic heterocycles. The highest BCUT2D eigenvalue weighted by Crippen LogP contribution is 2.31. The van der Waals surface area contributed by atoms with Crippen molar-refractivity contribution in [2.24, 2.45) is 13.0 Å². The molecule has 1 amide bonds. The van der Waals surface area contributed by atoms with Crippen molar-refractivity contribution in [2.75, 3.05) is 11.9 Å². The average Bonchev–Trinajstić information content (AvgIpc) is 3.08. The van der Waals surface area contributed by atoms with Gasteiger partial charge in [0.05, 0.1) is 23.2 Å². The molecule has 0 unspecified atom stereocenters. The van der Waals surface area contributed by atoms with E-state index in [2.05, 4.69) is 31.1 Å². The number of hydrogen-bond acceptors (Lipinski definition) is 5. The second-order valence-electron chi connectivity index (χ2n) is 7.00. The largest absolute Gasteiger partial charge is 0.350 e. The first kappa shape index (κ1) is 24.4. The van der Waals surface area contributed by atoms with E-state index in [4.69, 9.17) is 0 Å². The number of Topliss-reactive ketones (excluding diaryl/α,β-unsaturated/α-hetero) is 1. The lowest BCUT2D eigenvalue weighted by molar-refractivity contribution is -0.133. The number of benzene rings is 2. The smallest absolute Gasteiger partial charge is 0.230 e. The van der Waals surface area contributed by atoms with Crippen molar-refractivity contribution in [3.8, 4) is 0 Å². The molecule has 10 heteroatoms. The normalized spacial score (nSPS) is 10.6. The summed E-state index contributed by atoms with van der Waals surface area (Å²) in [6.07, 6.45) is 1.94. The van der Waals surface area contributed by atoms with E-state index in [0.29, 0.717) is 22.0 Å². The number of nitrogens with one attached hydrogen (secondary N) is 2. The molecular formula is C21H23BrF2N4O3. The highest BCUT2D eigenvalue weighted by Gasteiger charge is 2.16. The molecule has 7 nitrogen and oxygen atoms in total. The number of carbonyl (C=O) groups excluding carboxylic acids is 2. The van der Waals surface area contributed by atoms with Gasteiger partial charge in [-0.15, -0.1) is 0 Å². The maximum absolute atomic E-state index is 14.6. The number of anilines is 2. The van der Waals surface area contributed by atoms with Gasteiger partial charge in [-0.25, -0.2) is 19.2 Å². The minimum absolute atomic E-state index is 0.0330. The number of fused-ring (bicyclic) bond motifs is 1. The van der Waals surface area contributed by atoms with E-state index in [-0.39, 0.29) is 35.2 Å². The number of imidazole rings is 1. The number of hydrogen-bond donors (Lipinski definition) is 2. The fourth-order valence-corrected chi connectivity index (χ4v) is 2.87. The number of rotatable bonds is 7. The van der Waals surface area contributed by atoms with Crippen LogP contribution in [0, 0.1) is 24.5 Å². The summed E-state index contributed by atoms with van der Waals surface area (Å²) in [6, 6.07) is 6.40. The molecule has 31 heavy (non-hydrogen) atoms. The van der Waals surface area contributed by atoms with Crippen LogP contribution in [0.5, 0.6) is 0 Å². The summed E-state index contributed by atoms with van der Waals surface area (Å²) in [7, 11) is 1.80. The van der Waals surface area contributed by atoms with Crippen LogP contribution in [0.1, 0.15) is 19.4 Å². The predicted molar refractivity (Wildman–Crippen MR) is 118 cm³/mol. The monoisotopic (exact) mass is 496 g/mol. The molecule has 0 spiro atoms. The number of amides is 1.